The fraction of sp³-hybridized carbons (Fsp3) is 0.611. The van der Waals surface area contributed by atoms with Gasteiger partial charge < -0.3 is 19.7 Å². The number of benzene rings is 1. The second-order valence-corrected chi connectivity index (χ2v) is 6.25. The third-order valence-electron chi connectivity index (χ3n) is 4.81. The fourth-order valence-electron chi connectivity index (χ4n) is 3.44. The van der Waals surface area contributed by atoms with Crippen molar-refractivity contribution in [3.8, 4) is 5.75 Å². The number of ether oxygens (including phenoxy) is 2. The van der Waals surface area contributed by atoms with Crippen LogP contribution in [-0.4, -0.2) is 75.3 Å². The van der Waals surface area contributed by atoms with Crippen LogP contribution in [-0.2, 0) is 9.53 Å². The van der Waals surface area contributed by atoms with E-state index in [0.717, 1.165) is 63.8 Å². The van der Waals surface area contributed by atoms with Gasteiger partial charge in [0.2, 0.25) is 5.91 Å². The molecule has 2 heterocycles. The van der Waals surface area contributed by atoms with Gasteiger partial charge in [0, 0.05) is 51.3 Å². The molecule has 6 nitrogen and oxygen atoms in total. The first-order valence-electron chi connectivity index (χ1n) is 8.73. The number of hydrogen-bond donors (Lipinski definition) is 1. The molecule has 3 rings (SSSR count). The second-order valence-electron chi connectivity index (χ2n) is 6.25. The zero-order valence-corrected chi connectivity index (χ0v) is 14.4. The van der Waals surface area contributed by atoms with Crippen LogP contribution < -0.4 is 10.1 Å². The molecular formula is C18H27N3O3. The average molecular weight is 333 g/mol. The number of rotatable bonds is 5. The van der Waals surface area contributed by atoms with E-state index in [1.807, 2.05) is 23.1 Å². The first-order valence-corrected chi connectivity index (χ1v) is 8.73. The van der Waals surface area contributed by atoms with Crippen molar-refractivity contribution in [2.24, 2.45) is 0 Å². The number of para-hydroxylation sites is 1. The van der Waals surface area contributed by atoms with Gasteiger partial charge in [0.15, 0.2) is 0 Å². The summed E-state index contributed by atoms with van der Waals surface area (Å²) in [6.45, 7) is 6.54. The Morgan fingerprint density at radius 1 is 1.29 bits per heavy atom. The maximum Gasteiger partial charge on any atom is 0.224 e. The monoisotopic (exact) mass is 333 g/mol. The van der Waals surface area contributed by atoms with Gasteiger partial charge >= 0.3 is 0 Å². The van der Waals surface area contributed by atoms with E-state index in [9.17, 15) is 4.79 Å². The van der Waals surface area contributed by atoms with Crippen molar-refractivity contribution < 1.29 is 14.3 Å². The average Bonchev–Trinajstić information content (AvgIpc) is 2.67. The lowest BCUT2D eigenvalue weighted by Gasteiger charge is -2.37. The second kappa shape index (κ2) is 8.46. The molecule has 0 spiro atoms. The van der Waals surface area contributed by atoms with Crippen LogP contribution in [0.15, 0.2) is 24.3 Å². The van der Waals surface area contributed by atoms with Crippen LogP contribution in [0.1, 0.15) is 18.0 Å². The third kappa shape index (κ3) is 4.06. The Bertz CT molecular complexity index is 546. The number of carbonyl (C=O) groups excluding carboxylic acids is 1. The smallest absolute Gasteiger partial charge is 0.224 e. The molecule has 132 valence electrons. The third-order valence-corrected chi connectivity index (χ3v) is 4.81. The van der Waals surface area contributed by atoms with E-state index in [-0.39, 0.29) is 11.9 Å². The Labute approximate surface area is 143 Å². The van der Waals surface area contributed by atoms with Crippen LogP contribution in [0, 0.1) is 0 Å². The summed E-state index contributed by atoms with van der Waals surface area (Å²) in [5, 5.41) is 3.40. The highest BCUT2D eigenvalue weighted by atomic mass is 16.5. The van der Waals surface area contributed by atoms with Gasteiger partial charge in [-0.15, -0.1) is 0 Å². The summed E-state index contributed by atoms with van der Waals surface area (Å²) in [5.41, 5.74) is 1.08. The first kappa shape index (κ1) is 17.2. The van der Waals surface area contributed by atoms with E-state index in [1.165, 1.54) is 0 Å². The van der Waals surface area contributed by atoms with Gasteiger partial charge in [0.25, 0.3) is 0 Å². The lowest BCUT2D eigenvalue weighted by molar-refractivity contribution is -0.135. The minimum absolute atomic E-state index is 0.0343. The summed E-state index contributed by atoms with van der Waals surface area (Å²) in [6.07, 6.45) is 0.561. The molecule has 1 N–H and O–H groups in total. The number of nitrogens with zero attached hydrogens (tertiary/aromatic N) is 2. The van der Waals surface area contributed by atoms with Crippen molar-refractivity contribution in [3.05, 3.63) is 29.8 Å². The van der Waals surface area contributed by atoms with Gasteiger partial charge in [0.1, 0.15) is 5.75 Å². The number of amides is 1. The van der Waals surface area contributed by atoms with Crippen molar-refractivity contribution in [2.75, 3.05) is 59.6 Å². The standard InChI is InChI=1S/C18H27N3O3/c1-23-17-5-3-2-4-15(17)16-14-19-7-9-21(16)18(22)6-8-20-10-12-24-13-11-20/h2-5,16,19H,6-14H2,1H3/t16-/m1/s1. The summed E-state index contributed by atoms with van der Waals surface area (Å²) in [5.74, 6) is 1.07. The van der Waals surface area contributed by atoms with E-state index in [0.29, 0.717) is 6.42 Å². The molecule has 1 aromatic rings. The van der Waals surface area contributed by atoms with Gasteiger partial charge in [-0.3, -0.25) is 9.69 Å². The highest BCUT2D eigenvalue weighted by Gasteiger charge is 2.29. The molecule has 0 radical (unpaired) electrons. The van der Waals surface area contributed by atoms with E-state index in [2.05, 4.69) is 16.3 Å². The summed E-state index contributed by atoms with van der Waals surface area (Å²) >= 11 is 0. The molecule has 0 aliphatic carbocycles. The zero-order valence-electron chi connectivity index (χ0n) is 14.4. The minimum atomic E-state index is 0.0343. The topological polar surface area (TPSA) is 54.0 Å². The number of morpholine rings is 1. The largest absolute Gasteiger partial charge is 0.496 e. The quantitative estimate of drug-likeness (QED) is 0.867. The Kier molecular flexibility index (Phi) is 6.07. The van der Waals surface area contributed by atoms with Crippen LogP contribution in [0.3, 0.4) is 0 Å². The molecule has 1 aromatic carbocycles. The van der Waals surface area contributed by atoms with Gasteiger partial charge in [0.05, 0.1) is 26.4 Å². The molecule has 1 atom stereocenters. The number of carbonyl (C=O) groups is 1. The van der Waals surface area contributed by atoms with Crippen LogP contribution in [0.2, 0.25) is 0 Å². The van der Waals surface area contributed by atoms with Gasteiger partial charge in [-0.2, -0.15) is 0 Å². The van der Waals surface area contributed by atoms with Crippen molar-refractivity contribution >= 4 is 5.91 Å². The van der Waals surface area contributed by atoms with Gasteiger partial charge in [-0.25, -0.2) is 0 Å². The fourth-order valence-corrected chi connectivity index (χ4v) is 3.44. The van der Waals surface area contributed by atoms with Crippen LogP contribution in [0.4, 0.5) is 0 Å². The van der Waals surface area contributed by atoms with Gasteiger partial charge in [-0.1, -0.05) is 18.2 Å². The Balaban J connectivity index is 1.66. The van der Waals surface area contributed by atoms with Crippen molar-refractivity contribution in [1.82, 2.24) is 15.1 Å². The van der Waals surface area contributed by atoms with Crippen LogP contribution in [0.5, 0.6) is 5.75 Å². The van der Waals surface area contributed by atoms with Gasteiger partial charge in [-0.05, 0) is 6.07 Å². The molecule has 0 bridgehead atoms. The maximum absolute atomic E-state index is 12.8. The molecule has 2 fully saturated rings. The molecular weight excluding hydrogens is 306 g/mol. The Hall–Kier alpha value is -1.63. The molecule has 2 aliphatic rings. The lowest BCUT2D eigenvalue weighted by atomic mass is 10.0. The number of hydrogen-bond acceptors (Lipinski definition) is 5. The van der Waals surface area contributed by atoms with E-state index in [4.69, 9.17) is 9.47 Å². The number of nitrogens with one attached hydrogen (secondary N) is 1. The summed E-state index contributed by atoms with van der Waals surface area (Å²) in [7, 11) is 1.68. The number of methoxy groups -OCH3 is 1. The predicted octanol–water partition coefficient (Wildman–Crippen LogP) is 0.890. The molecule has 24 heavy (non-hydrogen) atoms. The normalized spacial score (nSPS) is 22.4. The highest BCUT2D eigenvalue weighted by Crippen LogP contribution is 2.30. The maximum atomic E-state index is 12.8. The van der Waals surface area contributed by atoms with Crippen molar-refractivity contribution in [1.29, 1.82) is 0 Å². The SMILES string of the molecule is COc1ccccc1[C@H]1CNCCN1C(=O)CCN1CCOCC1. The summed E-state index contributed by atoms with van der Waals surface area (Å²) < 4.78 is 10.9. The molecule has 6 heteroatoms. The van der Waals surface area contributed by atoms with E-state index in [1.54, 1.807) is 7.11 Å². The minimum Gasteiger partial charge on any atom is -0.496 e. The Morgan fingerprint density at radius 2 is 2.08 bits per heavy atom. The molecule has 0 unspecified atom stereocenters. The van der Waals surface area contributed by atoms with Crippen molar-refractivity contribution in [3.63, 3.8) is 0 Å². The molecule has 2 aliphatic heterocycles. The molecule has 0 saturated carbocycles. The predicted molar refractivity (Wildman–Crippen MR) is 92.2 cm³/mol. The Morgan fingerprint density at radius 3 is 2.88 bits per heavy atom. The lowest BCUT2D eigenvalue weighted by Crippen LogP contribution is -2.49. The van der Waals surface area contributed by atoms with E-state index >= 15 is 0 Å². The van der Waals surface area contributed by atoms with Crippen LogP contribution in [0.25, 0.3) is 0 Å². The van der Waals surface area contributed by atoms with Crippen molar-refractivity contribution in [2.45, 2.75) is 12.5 Å². The molecule has 0 aromatic heterocycles. The number of piperazine rings is 1. The van der Waals surface area contributed by atoms with E-state index < -0.39 is 0 Å². The first-order chi connectivity index (χ1) is 11.8. The van der Waals surface area contributed by atoms with Crippen LogP contribution >= 0.6 is 0 Å². The zero-order chi connectivity index (χ0) is 16.8. The summed E-state index contributed by atoms with van der Waals surface area (Å²) in [4.78, 5) is 17.1. The highest BCUT2D eigenvalue weighted by molar-refractivity contribution is 5.77. The summed E-state index contributed by atoms with van der Waals surface area (Å²) in [6, 6.07) is 8.01. The molecule has 1 amide bonds. The molecule has 2 saturated heterocycles.